The smallest absolute Gasteiger partial charge is 0.252 e. The van der Waals surface area contributed by atoms with E-state index in [1.807, 2.05) is 12.1 Å². The molecular weight excluding hydrogens is 452 g/mol. The van der Waals surface area contributed by atoms with Gasteiger partial charge in [-0.15, -0.1) is 0 Å². The zero-order valence-electron chi connectivity index (χ0n) is 22.3. The number of carbonyl (C=O) groups excluding carboxylic acids is 2. The Kier molecular flexibility index (Phi) is 17.4. The molecule has 0 aliphatic rings. The molecule has 0 saturated carbocycles. The molecule has 0 radical (unpaired) electrons. The Hall–Kier alpha value is -3.02. The third kappa shape index (κ3) is 13.8. The van der Waals surface area contributed by atoms with Gasteiger partial charge in [-0.1, -0.05) is 102 Å². The van der Waals surface area contributed by atoms with Crippen LogP contribution in [-0.4, -0.2) is 25.0 Å². The van der Waals surface area contributed by atoms with Crippen LogP contribution >= 0.6 is 0 Å². The molecule has 200 valence electrons. The quantitative estimate of drug-likeness (QED) is 0.215. The molecule has 4 N–H and O–H groups in total. The zero-order chi connectivity index (χ0) is 26.4. The fraction of sp³-hybridized carbons (Fsp3) is 0.533. The van der Waals surface area contributed by atoms with E-state index in [1.165, 1.54) is 64.2 Å². The van der Waals surface area contributed by atoms with Crippen LogP contribution in [0, 0.1) is 0 Å². The van der Waals surface area contributed by atoms with Crippen molar-refractivity contribution in [3.8, 4) is 11.5 Å². The summed E-state index contributed by atoms with van der Waals surface area (Å²) in [6.45, 7) is 5.72. The highest BCUT2D eigenvalue weighted by molar-refractivity contribution is 5.96. The van der Waals surface area contributed by atoms with E-state index in [4.69, 9.17) is 20.9 Å². The summed E-state index contributed by atoms with van der Waals surface area (Å²) < 4.78 is 11.2. The predicted octanol–water partition coefficient (Wildman–Crippen LogP) is 7.05. The SMILES string of the molecule is CCCCCCCCOc1ccccc1C(N)=O.CCCCCCCCOc1ccccc1C(N)=O. The lowest BCUT2D eigenvalue weighted by atomic mass is 10.1. The third-order valence-electron chi connectivity index (χ3n) is 5.82. The van der Waals surface area contributed by atoms with E-state index in [0.29, 0.717) is 35.8 Å². The van der Waals surface area contributed by atoms with Gasteiger partial charge in [-0.2, -0.15) is 0 Å². The Morgan fingerprint density at radius 1 is 0.556 bits per heavy atom. The maximum absolute atomic E-state index is 11.2. The van der Waals surface area contributed by atoms with Crippen molar-refractivity contribution in [2.24, 2.45) is 11.5 Å². The van der Waals surface area contributed by atoms with E-state index < -0.39 is 11.8 Å². The summed E-state index contributed by atoms with van der Waals surface area (Å²) in [4.78, 5) is 22.3. The molecule has 0 fully saturated rings. The lowest BCUT2D eigenvalue weighted by molar-refractivity contribution is 0.0987. The van der Waals surface area contributed by atoms with Gasteiger partial charge in [0.25, 0.3) is 11.8 Å². The molecule has 2 rings (SSSR count). The molecule has 0 heterocycles. The fourth-order valence-electron chi connectivity index (χ4n) is 3.72. The average molecular weight is 499 g/mol. The molecule has 0 saturated heterocycles. The van der Waals surface area contributed by atoms with Gasteiger partial charge < -0.3 is 20.9 Å². The summed E-state index contributed by atoms with van der Waals surface area (Å²) in [5.74, 6) is 0.319. The minimum atomic E-state index is -0.437. The molecule has 0 aromatic heterocycles. The van der Waals surface area contributed by atoms with E-state index >= 15 is 0 Å². The summed E-state index contributed by atoms with van der Waals surface area (Å²) in [6.07, 6.45) is 14.7. The van der Waals surface area contributed by atoms with Gasteiger partial charge in [-0.05, 0) is 37.1 Å². The maximum atomic E-state index is 11.2. The zero-order valence-corrected chi connectivity index (χ0v) is 22.3. The van der Waals surface area contributed by atoms with E-state index in [0.717, 1.165) is 12.8 Å². The number of nitrogens with two attached hydrogens (primary N) is 2. The summed E-state index contributed by atoms with van der Waals surface area (Å²) in [7, 11) is 0. The molecule has 0 aliphatic heterocycles. The largest absolute Gasteiger partial charge is 0.493 e. The van der Waals surface area contributed by atoms with Crippen LogP contribution in [0.1, 0.15) is 112 Å². The van der Waals surface area contributed by atoms with Gasteiger partial charge in [0.15, 0.2) is 0 Å². The van der Waals surface area contributed by atoms with Crippen LogP contribution in [0.15, 0.2) is 48.5 Å². The molecule has 2 amide bonds. The van der Waals surface area contributed by atoms with Crippen LogP contribution in [-0.2, 0) is 0 Å². The van der Waals surface area contributed by atoms with Crippen LogP contribution < -0.4 is 20.9 Å². The standard InChI is InChI=1S/2C15H23NO2/c2*1-2-3-4-5-6-9-12-18-14-11-8-7-10-13(14)15(16)17/h2*7-8,10-11H,2-6,9,12H2,1H3,(H2,16,17). The predicted molar refractivity (Wildman–Crippen MR) is 148 cm³/mol. The molecular formula is C30H46N2O4. The van der Waals surface area contributed by atoms with Crippen LogP contribution in [0.25, 0.3) is 0 Å². The highest BCUT2D eigenvalue weighted by Crippen LogP contribution is 2.19. The molecule has 6 heteroatoms. The fourth-order valence-corrected chi connectivity index (χ4v) is 3.72. The van der Waals surface area contributed by atoms with E-state index in [2.05, 4.69) is 13.8 Å². The second-order valence-electron chi connectivity index (χ2n) is 8.95. The van der Waals surface area contributed by atoms with Crippen molar-refractivity contribution in [3.63, 3.8) is 0 Å². The van der Waals surface area contributed by atoms with E-state index in [-0.39, 0.29) is 0 Å². The first kappa shape index (κ1) is 31.0. The molecule has 0 bridgehead atoms. The van der Waals surface area contributed by atoms with E-state index in [1.54, 1.807) is 36.4 Å². The Bertz CT molecular complexity index is 798. The van der Waals surface area contributed by atoms with Crippen LogP contribution in [0.3, 0.4) is 0 Å². The van der Waals surface area contributed by atoms with Gasteiger partial charge >= 0.3 is 0 Å². The minimum absolute atomic E-state index is 0.437. The number of benzene rings is 2. The lowest BCUT2D eigenvalue weighted by Gasteiger charge is -2.09. The summed E-state index contributed by atoms with van der Waals surface area (Å²) in [5.41, 5.74) is 11.5. The number of carbonyl (C=O) groups is 2. The topological polar surface area (TPSA) is 105 Å². The van der Waals surface area contributed by atoms with Gasteiger partial charge in [-0.25, -0.2) is 0 Å². The second kappa shape index (κ2) is 20.2. The lowest BCUT2D eigenvalue weighted by Crippen LogP contribution is -2.13. The summed E-state index contributed by atoms with van der Waals surface area (Å²) >= 11 is 0. The molecule has 6 nitrogen and oxygen atoms in total. The van der Waals surface area contributed by atoms with Crippen molar-refractivity contribution in [1.29, 1.82) is 0 Å². The number of unbranched alkanes of at least 4 members (excludes halogenated alkanes) is 10. The Morgan fingerprint density at radius 3 is 1.25 bits per heavy atom. The Labute approximate surface area is 217 Å². The van der Waals surface area contributed by atoms with Crippen LogP contribution in [0.4, 0.5) is 0 Å². The third-order valence-corrected chi connectivity index (χ3v) is 5.82. The van der Waals surface area contributed by atoms with Crippen molar-refractivity contribution in [3.05, 3.63) is 59.7 Å². The highest BCUT2D eigenvalue weighted by Gasteiger charge is 2.08. The van der Waals surface area contributed by atoms with Crippen molar-refractivity contribution >= 4 is 11.8 Å². The first-order valence-corrected chi connectivity index (χ1v) is 13.5. The normalized spacial score (nSPS) is 10.3. The summed E-state index contributed by atoms with van der Waals surface area (Å²) in [5, 5.41) is 0. The van der Waals surface area contributed by atoms with Gasteiger partial charge in [0.2, 0.25) is 0 Å². The monoisotopic (exact) mass is 498 g/mol. The molecule has 36 heavy (non-hydrogen) atoms. The Morgan fingerprint density at radius 2 is 0.889 bits per heavy atom. The van der Waals surface area contributed by atoms with Gasteiger partial charge in [0, 0.05) is 0 Å². The molecule has 2 aromatic rings. The van der Waals surface area contributed by atoms with Crippen LogP contribution in [0.5, 0.6) is 11.5 Å². The number of para-hydroxylation sites is 2. The van der Waals surface area contributed by atoms with Gasteiger partial charge in [0.1, 0.15) is 11.5 Å². The van der Waals surface area contributed by atoms with E-state index in [9.17, 15) is 9.59 Å². The molecule has 2 aromatic carbocycles. The van der Waals surface area contributed by atoms with Crippen LogP contribution in [0.2, 0.25) is 0 Å². The van der Waals surface area contributed by atoms with Crippen molar-refractivity contribution < 1.29 is 19.1 Å². The Balaban J connectivity index is 0.000000360. The van der Waals surface area contributed by atoms with Gasteiger partial charge in [-0.3, -0.25) is 9.59 Å². The number of hydrogen-bond acceptors (Lipinski definition) is 4. The molecule has 0 unspecified atom stereocenters. The number of rotatable bonds is 18. The number of hydrogen-bond donors (Lipinski definition) is 2. The summed E-state index contributed by atoms with van der Waals surface area (Å²) in [6, 6.07) is 14.2. The molecule has 0 atom stereocenters. The minimum Gasteiger partial charge on any atom is -0.493 e. The first-order valence-electron chi connectivity index (χ1n) is 13.5. The number of ether oxygens (including phenoxy) is 2. The second-order valence-corrected chi connectivity index (χ2v) is 8.95. The maximum Gasteiger partial charge on any atom is 0.252 e. The van der Waals surface area contributed by atoms with Crippen molar-refractivity contribution in [2.45, 2.75) is 90.9 Å². The highest BCUT2D eigenvalue weighted by atomic mass is 16.5. The molecule has 0 aliphatic carbocycles. The van der Waals surface area contributed by atoms with Crippen molar-refractivity contribution in [1.82, 2.24) is 0 Å². The van der Waals surface area contributed by atoms with Gasteiger partial charge in [0.05, 0.1) is 24.3 Å². The number of amides is 2. The number of primary amides is 2. The first-order chi connectivity index (χ1) is 17.5. The average Bonchev–Trinajstić information content (AvgIpc) is 2.88. The van der Waals surface area contributed by atoms with Crippen molar-refractivity contribution in [2.75, 3.05) is 13.2 Å². The molecule has 0 spiro atoms.